The van der Waals surface area contributed by atoms with Crippen molar-refractivity contribution < 1.29 is 9.47 Å². The minimum absolute atomic E-state index is 0.240. The van der Waals surface area contributed by atoms with Crippen LogP contribution in [0.3, 0.4) is 0 Å². The molecule has 0 aliphatic carbocycles. The van der Waals surface area contributed by atoms with E-state index < -0.39 is 0 Å². The molecular formula is C10H23NO2. The molecule has 3 unspecified atom stereocenters. The highest BCUT2D eigenvalue weighted by atomic mass is 16.5. The predicted molar refractivity (Wildman–Crippen MR) is 55.0 cm³/mol. The van der Waals surface area contributed by atoms with E-state index in [9.17, 15) is 0 Å². The zero-order chi connectivity index (χ0) is 10.3. The Balaban J connectivity index is 3.57. The molecule has 3 nitrogen and oxygen atoms in total. The van der Waals surface area contributed by atoms with Gasteiger partial charge in [0.25, 0.3) is 0 Å². The van der Waals surface area contributed by atoms with Gasteiger partial charge in [0.05, 0.1) is 12.7 Å². The number of methoxy groups -OCH3 is 1. The molecule has 0 heterocycles. The van der Waals surface area contributed by atoms with E-state index in [1.165, 1.54) is 0 Å². The van der Waals surface area contributed by atoms with Crippen LogP contribution in [0.4, 0.5) is 0 Å². The summed E-state index contributed by atoms with van der Waals surface area (Å²) in [5, 5.41) is 3.42. The van der Waals surface area contributed by atoms with Crippen LogP contribution < -0.4 is 5.32 Å². The first kappa shape index (κ1) is 12.9. The van der Waals surface area contributed by atoms with Crippen molar-refractivity contribution in [1.29, 1.82) is 0 Å². The predicted octanol–water partition coefficient (Wildman–Crippen LogP) is 1.42. The Labute approximate surface area is 81.8 Å². The van der Waals surface area contributed by atoms with Gasteiger partial charge in [-0.15, -0.1) is 0 Å². The summed E-state index contributed by atoms with van der Waals surface area (Å²) in [4.78, 5) is 0. The third-order valence-corrected chi connectivity index (χ3v) is 2.20. The molecule has 0 rings (SSSR count). The van der Waals surface area contributed by atoms with Crippen LogP contribution in [0.5, 0.6) is 0 Å². The minimum atomic E-state index is 0.240. The third kappa shape index (κ3) is 6.02. The fourth-order valence-electron chi connectivity index (χ4n) is 1.13. The molecule has 3 atom stereocenters. The van der Waals surface area contributed by atoms with Gasteiger partial charge in [0.15, 0.2) is 0 Å². The SMILES string of the molecule is CCOCC(C)NC(C)C(C)OC. The Bertz CT molecular complexity index is 119. The van der Waals surface area contributed by atoms with Gasteiger partial charge in [-0.3, -0.25) is 0 Å². The Kier molecular flexibility index (Phi) is 7.23. The van der Waals surface area contributed by atoms with Gasteiger partial charge in [0.2, 0.25) is 0 Å². The second-order valence-corrected chi connectivity index (χ2v) is 3.46. The maximum absolute atomic E-state index is 5.31. The van der Waals surface area contributed by atoms with Crippen LogP contribution in [-0.2, 0) is 9.47 Å². The Morgan fingerprint density at radius 3 is 2.31 bits per heavy atom. The summed E-state index contributed by atoms with van der Waals surface area (Å²) in [6.45, 7) is 9.85. The second kappa shape index (κ2) is 7.30. The molecular weight excluding hydrogens is 166 g/mol. The second-order valence-electron chi connectivity index (χ2n) is 3.46. The zero-order valence-electron chi connectivity index (χ0n) is 9.46. The number of hydrogen-bond donors (Lipinski definition) is 1. The largest absolute Gasteiger partial charge is 0.380 e. The van der Waals surface area contributed by atoms with Gasteiger partial charge in [-0.25, -0.2) is 0 Å². The van der Waals surface area contributed by atoms with E-state index in [0.29, 0.717) is 12.1 Å². The van der Waals surface area contributed by atoms with E-state index in [1.54, 1.807) is 7.11 Å². The molecule has 0 spiro atoms. The average Bonchev–Trinajstić information content (AvgIpc) is 2.13. The van der Waals surface area contributed by atoms with Crippen LogP contribution in [0.2, 0.25) is 0 Å². The first-order chi connectivity index (χ1) is 6.11. The minimum Gasteiger partial charge on any atom is -0.380 e. The lowest BCUT2D eigenvalue weighted by Gasteiger charge is -2.24. The summed E-state index contributed by atoms with van der Waals surface area (Å²) in [6, 6.07) is 0.744. The van der Waals surface area contributed by atoms with E-state index in [2.05, 4.69) is 26.1 Å². The van der Waals surface area contributed by atoms with Crippen LogP contribution in [-0.4, -0.2) is 38.5 Å². The number of rotatable bonds is 7. The average molecular weight is 189 g/mol. The summed E-state index contributed by atoms with van der Waals surface area (Å²) in [5.74, 6) is 0. The molecule has 0 radical (unpaired) electrons. The van der Waals surface area contributed by atoms with Crippen LogP contribution in [0.15, 0.2) is 0 Å². The smallest absolute Gasteiger partial charge is 0.0693 e. The van der Waals surface area contributed by atoms with Gasteiger partial charge in [-0.1, -0.05) is 0 Å². The van der Waals surface area contributed by atoms with Crippen LogP contribution in [0.1, 0.15) is 27.7 Å². The molecule has 0 saturated heterocycles. The van der Waals surface area contributed by atoms with Crippen LogP contribution in [0.25, 0.3) is 0 Å². The zero-order valence-corrected chi connectivity index (χ0v) is 9.46. The maximum atomic E-state index is 5.31. The summed E-state index contributed by atoms with van der Waals surface area (Å²) in [5.41, 5.74) is 0. The fraction of sp³-hybridized carbons (Fsp3) is 1.00. The standard InChI is InChI=1S/C10H23NO2/c1-6-13-7-8(2)11-9(3)10(4)12-5/h8-11H,6-7H2,1-5H3. The van der Waals surface area contributed by atoms with Crippen molar-refractivity contribution >= 4 is 0 Å². The lowest BCUT2D eigenvalue weighted by molar-refractivity contribution is 0.0720. The van der Waals surface area contributed by atoms with E-state index in [0.717, 1.165) is 13.2 Å². The first-order valence-electron chi connectivity index (χ1n) is 4.98. The molecule has 0 aliphatic heterocycles. The summed E-state index contributed by atoms with van der Waals surface area (Å²) in [6.07, 6.45) is 0.240. The molecule has 0 amide bonds. The van der Waals surface area contributed by atoms with Gasteiger partial charge in [-0.05, 0) is 27.7 Å². The Hall–Kier alpha value is -0.120. The molecule has 0 aromatic heterocycles. The topological polar surface area (TPSA) is 30.5 Å². The summed E-state index contributed by atoms with van der Waals surface area (Å²) in [7, 11) is 1.73. The number of hydrogen-bond acceptors (Lipinski definition) is 3. The molecule has 0 bridgehead atoms. The van der Waals surface area contributed by atoms with Crippen molar-refractivity contribution in [3.63, 3.8) is 0 Å². The molecule has 80 valence electrons. The highest BCUT2D eigenvalue weighted by molar-refractivity contribution is 4.72. The van der Waals surface area contributed by atoms with Crippen molar-refractivity contribution in [2.45, 2.75) is 45.9 Å². The molecule has 3 heteroatoms. The van der Waals surface area contributed by atoms with E-state index in [4.69, 9.17) is 9.47 Å². The lowest BCUT2D eigenvalue weighted by atomic mass is 10.2. The van der Waals surface area contributed by atoms with Crippen molar-refractivity contribution in [2.24, 2.45) is 0 Å². The van der Waals surface area contributed by atoms with Crippen LogP contribution in [0, 0.1) is 0 Å². The van der Waals surface area contributed by atoms with Crippen molar-refractivity contribution in [3.05, 3.63) is 0 Å². The fourth-order valence-corrected chi connectivity index (χ4v) is 1.13. The molecule has 0 aromatic carbocycles. The van der Waals surface area contributed by atoms with Crippen LogP contribution >= 0.6 is 0 Å². The summed E-state index contributed by atoms with van der Waals surface area (Å²) < 4.78 is 10.5. The van der Waals surface area contributed by atoms with Crippen molar-refractivity contribution in [2.75, 3.05) is 20.3 Å². The quantitative estimate of drug-likeness (QED) is 0.657. The number of nitrogens with one attached hydrogen (secondary N) is 1. The van der Waals surface area contributed by atoms with Gasteiger partial charge >= 0.3 is 0 Å². The van der Waals surface area contributed by atoms with Gasteiger partial charge in [-0.2, -0.15) is 0 Å². The molecule has 0 aromatic rings. The Morgan fingerprint density at radius 2 is 1.85 bits per heavy atom. The normalized spacial score (nSPS) is 18.2. The monoisotopic (exact) mass is 189 g/mol. The Morgan fingerprint density at radius 1 is 1.23 bits per heavy atom. The molecule has 0 fully saturated rings. The van der Waals surface area contributed by atoms with Gasteiger partial charge in [0, 0.05) is 25.8 Å². The molecule has 1 N–H and O–H groups in total. The highest BCUT2D eigenvalue weighted by Crippen LogP contribution is 1.98. The van der Waals surface area contributed by atoms with Gasteiger partial charge in [0.1, 0.15) is 0 Å². The van der Waals surface area contributed by atoms with E-state index in [1.807, 2.05) is 6.92 Å². The van der Waals surface area contributed by atoms with Crippen molar-refractivity contribution in [3.8, 4) is 0 Å². The summed E-state index contributed by atoms with van der Waals surface area (Å²) >= 11 is 0. The molecule has 0 aliphatic rings. The van der Waals surface area contributed by atoms with E-state index >= 15 is 0 Å². The first-order valence-corrected chi connectivity index (χ1v) is 4.98. The molecule has 13 heavy (non-hydrogen) atoms. The van der Waals surface area contributed by atoms with Crippen molar-refractivity contribution in [1.82, 2.24) is 5.32 Å². The third-order valence-electron chi connectivity index (χ3n) is 2.20. The lowest BCUT2D eigenvalue weighted by Crippen LogP contribution is -2.43. The molecule has 0 saturated carbocycles. The maximum Gasteiger partial charge on any atom is 0.0693 e. The highest BCUT2D eigenvalue weighted by Gasteiger charge is 2.13. The van der Waals surface area contributed by atoms with E-state index in [-0.39, 0.29) is 6.10 Å². The number of ether oxygens (including phenoxy) is 2. The van der Waals surface area contributed by atoms with Gasteiger partial charge < -0.3 is 14.8 Å².